The zero-order valence-corrected chi connectivity index (χ0v) is 27.6. The number of hydrogen-bond donors (Lipinski definition) is 1. The summed E-state index contributed by atoms with van der Waals surface area (Å²) in [4.78, 5) is 33.7. The number of carbonyl (C=O) groups is 2. The van der Waals surface area contributed by atoms with Gasteiger partial charge >= 0.3 is 12.5 Å². The maximum absolute atomic E-state index is 14.8. The number of benzene rings is 2. The number of aliphatic imine (C=N–C) groups is 1. The molecule has 0 bridgehead atoms. The fraction of sp³-hybridized carbons (Fsp3) is 0.382. The first-order valence-corrected chi connectivity index (χ1v) is 15.9. The molecule has 1 aliphatic carbocycles. The van der Waals surface area contributed by atoms with Crippen molar-refractivity contribution >= 4 is 29.4 Å². The Hall–Kier alpha value is -4.72. The van der Waals surface area contributed by atoms with E-state index < -0.39 is 66.7 Å². The summed E-state index contributed by atoms with van der Waals surface area (Å²) in [5.41, 5.74) is 7.14. The van der Waals surface area contributed by atoms with Gasteiger partial charge in [0.05, 0.1) is 28.9 Å². The van der Waals surface area contributed by atoms with Gasteiger partial charge in [0.1, 0.15) is 6.61 Å². The van der Waals surface area contributed by atoms with Crippen molar-refractivity contribution in [3.63, 3.8) is 0 Å². The molecule has 15 heteroatoms. The van der Waals surface area contributed by atoms with Gasteiger partial charge in [-0.3, -0.25) is 14.5 Å². The number of halogens is 5. The molecule has 1 fully saturated rings. The van der Waals surface area contributed by atoms with E-state index in [9.17, 15) is 27.2 Å². The van der Waals surface area contributed by atoms with E-state index in [0.717, 1.165) is 0 Å². The van der Waals surface area contributed by atoms with Gasteiger partial charge < -0.3 is 10.5 Å². The SMILES string of the molecule is CC(C)(C)C[C@]1(c2ccc(-c3cnn(C(F)F)c3)cc2)N=C(N)N([C@H](COC(=O)C2CC(F)(F)C2)c2ccc(Cl)c(-n3cccn3)c2)C1=O. The van der Waals surface area contributed by atoms with E-state index in [0.29, 0.717) is 37.6 Å². The average Bonchev–Trinajstić information content (AvgIpc) is 3.78. The molecule has 2 N–H and O–H groups in total. The highest BCUT2D eigenvalue weighted by Crippen LogP contribution is 2.46. The number of amides is 1. The van der Waals surface area contributed by atoms with Crippen LogP contribution in [0.2, 0.25) is 5.02 Å². The van der Waals surface area contributed by atoms with Crippen LogP contribution in [0.5, 0.6) is 0 Å². The van der Waals surface area contributed by atoms with Gasteiger partial charge in [0.15, 0.2) is 11.5 Å². The Labute approximate surface area is 284 Å². The van der Waals surface area contributed by atoms with E-state index in [1.165, 1.54) is 22.0 Å². The van der Waals surface area contributed by atoms with Crippen LogP contribution in [-0.2, 0) is 19.9 Å². The molecular weight excluding hydrogens is 666 g/mol. The molecule has 2 aromatic heterocycles. The average molecular weight is 700 g/mol. The lowest BCUT2D eigenvalue weighted by Gasteiger charge is -2.36. The van der Waals surface area contributed by atoms with Crippen LogP contribution in [0, 0.1) is 11.3 Å². The van der Waals surface area contributed by atoms with Gasteiger partial charge in [-0.25, -0.2) is 23.1 Å². The summed E-state index contributed by atoms with van der Waals surface area (Å²) in [5, 5.41) is 8.31. The monoisotopic (exact) mass is 699 g/mol. The Morgan fingerprint density at radius 3 is 2.41 bits per heavy atom. The van der Waals surface area contributed by atoms with Gasteiger partial charge in [0.25, 0.3) is 5.91 Å². The lowest BCUT2D eigenvalue weighted by atomic mass is 9.75. The molecule has 2 aromatic carbocycles. The molecule has 1 aliphatic heterocycles. The van der Waals surface area contributed by atoms with Crippen molar-refractivity contribution in [3.8, 4) is 16.8 Å². The maximum Gasteiger partial charge on any atom is 0.333 e. The van der Waals surface area contributed by atoms with Crippen molar-refractivity contribution in [3.05, 3.63) is 89.5 Å². The number of ether oxygens (including phenoxy) is 1. The normalized spacial score (nSPS) is 20.0. The first-order valence-electron chi connectivity index (χ1n) is 15.5. The number of nitrogens with zero attached hydrogens (tertiary/aromatic N) is 6. The van der Waals surface area contributed by atoms with Gasteiger partial charge in [-0.2, -0.15) is 19.0 Å². The zero-order valence-electron chi connectivity index (χ0n) is 26.9. The summed E-state index contributed by atoms with van der Waals surface area (Å²) in [6, 6.07) is 12.4. The summed E-state index contributed by atoms with van der Waals surface area (Å²) in [6.45, 7) is 2.66. The Balaban J connectivity index is 1.38. The minimum Gasteiger partial charge on any atom is -0.463 e. The number of rotatable bonds is 10. The highest BCUT2D eigenvalue weighted by Gasteiger charge is 2.54. The standard InChI is InChI=1S/C34H34ClF4N7O3/c1-32(2,3)19-34(24-8-5-20(6-9-24)23-16-42-45(17-23)30(36)37)29(48)46(31(40)43-34)27(18-49-28(47)22-14-33(38,39)15-22)21-7-10-25(35)26(13-21)44-12-4-11-41-44/h4-13,16-17,22,27,30H,14-15,18-19H2,1-3H3,(H2,40,43)/t27-,34-/m1/s1. The van der Waals surface area contributed by atoms with Gasteiger partial charge in [0.2, 0.25) is 5.92 Å². The Bertz CT molecular complexity index is 1880. The molecule has 0 radical (unpaired) electrons. The second kappa shape index (κ2) is 12.6. The third kappa shape index (κ3) is 6.78. The Morgan fingerprint density at radius 2 is 1.82 bits per heavy atom. The summed E-state index contributed by atoms with van der Waals surface area (Å²) in [7, 11) is 0. The third-order valence-corrected chi connectivity index (χ3v) is 8.95. The number of guanidine groups is 1. The molecular formula is C34H34ClF4N7O3. The molecule has 2 atom stereocenters. The molecule has 49 heavy (non-hydrogen) atoms. The summed E-state index contributed by atoms with van der Waals surface area (Å²) >= 11 is 6.51. The quantitative estimate of drug-likeness (QED) is 0.142. The topological polar surface area (TPSA) is 121 Å². The second-order valence-electron chi connectivity index (χ2n) is 13.6. The molecule has 1 saturated carbocycles. The van der Waals surface area contributed by atoms with E-state index in [4.69, 9.17) is 27.1 Å². The second-order valence-corrected chi connectivity index (χ2v) is 14.0. The fourth-order valence-electron chi connectivity index (χ4n) is 6.36. The highest BCUT2D eigenvalue weighted by molar-refractivity contribution is 6.32. The number of aromatic nitrogens is 4. The summed E-state index contributed by atoms with van der Waals surface area (Å²) in [5.74, 6) is -5.32. The highest BCUT2D eigenvalue weighted by atomic mass is 35.5. The van der Waals surface area contributed by atoms with Gasteiger partial charge in [-0.1, -0.05) is 62.7 Å². The number of nitrogens with two attached hydrogens (primary N) is 1. The molecule has 258 valence electrons. The van der Waals surface area contributed by atoms with E-state index in [1.807, 2.05) is 20.8 Å². The molecule has 10 nitrogen and oxygen atoms in total. The largest absolute Gasteiger partial charge is 0.463 e. The van der Waals surface area contributed by atoms with E-state index >= 15 is 0 Å². The fourth-order valence-corrected chi connectivity index (χ4v) is 6.56. The molecule has 1 amide bonds. The lowest BCUT2D eigenvalue weighted by molar-refractivity contribution is -0.173. The summed E-state index contributed by atoms with van der Waals surface area (Å²) < 4.78 is 61.1. The summed E-state index contributed by atoms with van der Waals surface area (Å²) in [6.07, 6.45) is 4.81. The molecule has 0 spiro atoms. The smallest absolute Gasteiger partial charge is 0.333 e. The van der Waals surface area contributed by atoms with Crippen LogP contribution in [-0.4, -0.2) is 54.8 Å². The van der Waals surface area contributed by atoms with Crippen LogP contribution in [0.25, 0.3) is 16.8 Å². The van der Waals surface area contributed by atoms with Crippen molar-refractivity contribution in [1.82, 2.24) is 24.5 Å². The maximum atomic E-state index is 14.8. The zero-order chi connectivity index (χ0) is 35.3. The van der Waals surface area contributed by atoms with E-state index in [2.05, 4.69) is 10.2 Å². The molecule has 0 unspecified atom stereocenters. The minimum absolute atomic E-state index is 0.136. The van der Waals surface area contributed by atoms with Crippen molar-refractivity contribution in [2.24, 2.45) is 22.1 Å². The number of hydrogen-bond acceptors (Lipinski definition) is 7. The third-order valence-electron chi connectivity index (χ3n) is 8.63. The number of esters is 1. The Kier molecular flexibility index (Phi) is 8.80. The van der Waals surface area contributed by atoms with Gasteiger partial charge in [0, 0.05) is 37.0 Å². The van der Waals surface area contributed by atoms with Crippen molar-refractivity contribution in [2.75, 3.05) is 6.61 Å². The molecule has 2 aliphatic rings. The molecule has 3 heterocycles. The van der Waals surface area contributed by atoms with Crippen LogP contribution < -0.4 is 5.73 Å². The van der Waals surface area contributed by atoms with Crippen LogP contribution in [0.1, 0.15) is 63.8 Å². The number of alkyl halides is 4. The minimum atomic E-state index is -2.93. The predicted octanol–water partition coefficient (Wildman–Crippen LogP) is 6.90. The van der Waals surface area contributed by atoms with E-state index in [1.54, 1.807) is 60.9 Å². The first kappa shape index (κ1) is 34.2. The van der Waals surface area contributed by atoms with Crippen LogP contribution in [0.15, 0.2) is 78.3 Å². The van der Waals surface area contributed by atoms with Crippen LogP contribution >= 0.6 is 11.6 Å². The van der Waals surface area contributed by atoms with E-state index in [-0.39, 0.29) is 12.4 Å². The predicted molar refractivity (Wildman–Crippen MR) is 173 cm³/mol. The van der Waals surface area contributed by atoms with Crippen molar-refractivity contribution < 1.29 is 31.9 Å². The molecule has 4 aromatic rings. The van der Waals surface area contributed by atoms with Crippen molar-refractivity contribution in [1.29, 1.82) is 0 Å². The molecule has 0 saturated heterocycles. The first-order chi connectivity index (χ1) is 23.1. The lowest BCUT2D eigenvalue weighted by Crippen LogP contribution is -2.48. The van der Waals surface area contributed by atoms with Crippen LogP contribution in [0.3, 0.4) is 0 Å². The number of carbonyl (C=O) groups excluding carboxylic acids is 2. The molecule has 6 rings (SSSR count). The van der Waals surface area contributed by atoms with Crippen molar-refractivity contribution in [2.45, 2.75) is 64.1 Å². The van der Waals surface area contributed by atoms with Crippen LogP contribution in [0.4, 0.5) is 17.6 Å². The van der Waals surface area contributed by atoms with Gasteiger partial charge in [-0.05, 0) is 46.7 Å². The Morgan fingerprint density at radius 1 is 1.10 bits per heavy atom. The van der Waals surface area contributed by atoms with Gasteiger partial charge in [-0.15, -0.1) is 0 Å².